The first-order chi connectivity index (χ1) is 8.92. The standard InChI is InChI=1S/C12H15BrFNO4.ClH/c1-3-19-12(17)9(14)10(15)7-4-6(13)5-8(18-2)11(7)16;/h4-5,9-10,16H,3,15H2,1-2H3;1H/t9?,10-;/m1./s1. The van der Waals surface area contributed by atoms with Crippen molar-refractivity contribution in [1.29, 1.82) is 0 Å². The molecule has 1 unspecified atom stereocenters. The first-order valence-corrected chi connectivity index (χ1v) is 6.34. The third-order valence-corrected chi connectivity index (χ3v) is 2.93. The van der Waals surface area contributed by atoms with Gasteiger partial charge in [-0.05, 0) is 19.1 Å². The lowest BCUT2D eigenvalue weighted by Crippen LogP contribution is -2.31. The predicted octanol–water partition coefficient (Wildman–Crippen LogP) is 2.49. The number of alkyl halides is 1. The Labute approximate surface area is 130 Å². The van der Waals surface area contributed by atoms with Gasteiger partial charge in [0.1, 0.15) is 0 Å². The Bertz CT molecular complexity index is 475. The Morgan fingerprint density at radius 1 is 1.55 bits per heavy atom. The number of hydrogen-bond donors (Lipinski definition) is 2. The second-order valence-corrected chi connectivity index (χ2v) is 4.64. The molecule has 20 heavy (non-hydrogen) atoms. The Kier molecular flexibility index (Phi) is 7.85. The molecule has 0 amide bonds. The summed E-state index contributed by atoms with van der Waals surface area (Å²) in [6.45, 7) is 1.62. The van der Waals surface area contributed by atoms with E-state index in [1.54, 1.807) is 6.92 Å². The molecule has 0 bridgehead atoms. The van der Waals surface area contributed by atoms with Gasteiger partial charge in [0.05, 0.1) is 19.8 Å². The van der Waals surface area contributed by atoms with Crippen molar-refractivity contribution >= 4 is 34.3 Å². The number of ether oxygens (including phenoxy) is 2. The van der Waals surface area contributed by atoms with Crippen LogP contribution in [0.1, 0.15) is 18.5 Å². The first kappa shape index (κ1) is 18.9. The first-order valence-electron chi connectivity index (χ1n) is 5.55. The molecule has 0 aromatic heterocycles. The number of rotatable bonds is 5. The number of phenolic OH excluding ortho intramolecular Hbond substituents is 1. The maximum Gasteiger partial charge on any atom is 0.342 e. The number of methoxy groups -OCH3 is 1. The summed E-state index contributed by atoms with van der Waals surface area (Å²) in [5, 5.41) is 9.90. The van der Waals surface area contributed by atoms with Crippen LogP contribution in [0, 0.1) is 0 Å². The van der Waals surface area contributed by atoms with Crippen LogP contribution in [-0.4, -0.2) is 31.0 Å². The number of halogens is 3. The summed E-state index contributed by atoms with van der Waals surface area (Å²) >= 11 is 3.19. The van der Waals surface area contributed by atoms with E-state index in [-0.39, 0.29) is 36.1 Å². The molecule has 2 atom stereocenters. The van der Waals surface area contributed by atoms with Gasteiger partial charge in [-0.3, -0.25) is 0 Å². The van der Waals surface area contributed by atoms with Gasteiger partial charge in [-0.2, -0.15) is 0 Å². The average Bonchev–Trinajstić information content (AvgIpc) is 2.39. The van der Waals surface area contributed by atoms with Crippen LogP contribution >= 0.6 is 28.3 Å². The molecule has 0 aliphatic rings. The number of phenols is 1. The maximum absolute atomic E-state index is 13.8. The van der Waals surface area contributed by atoms with Crippen molar-refractivity contribution in [3.63, 3.8) is 0 Å². The molecule has 0 aliphatic heterocycles. The minimum Gasteiger partial charge on any atom is -0.504 e. The van der Waals surface area contributed by atoms with Crippen LogP contribution in [0.5, 0.6) is 11.5 Å². The molecule has 0 heterocycles. The average molecular weight is 373 g/mol. The van der Waals surface area contributed by atoms with Crippen molar-refractivity contribution in [2.45, 2.75) is 19.1 Å². The molecule has 1 aromatic carbocycles. The molecular weight excluding hydrogens is 356 g/mol. The normalized spacial score (nSPS) is 13.1. The summed E-state index contributed by atoms with van der Waals surface area (Å²) in [4.78, 5) is 11.3. The highest BCUT2D eigenvalue weighted by Crippen LogP contribution is 2.37. The van der Waals surface area contributed by atoms with Gasteiger partial charge in [0.2, 0.25) is 6.17 Å². The number of hydrogen-bond acceptors (Lipinski definition) is 5. The Balaban J connectivity index is 0.00000361. The molecule has 0 saturated carbocycles. The lowest BCUT2D eigenvalue weighted by Gasteiger charge is -2.18. The third kappa shape index (κ3) is 4.22. The molecule has 8 heteroatoms. The number of esters is 1. The largest absolute Gasteiger partial charge is 0.504 e. The zero-order chi connectivity index (χ0) is 14.6. The van der Waals surface area contributed by atoms with E-state index in [4.69, 9.17) is 10.5 Å². The smallest absolute Gasteiger partial charge is 0.342 e. The summed E-state index contributed by atoms with van der Waals surface area (Å²) < 4.78 is 23.9. The zero-order valence-electron chi connectivity index (χ0n) is 10.9. The molecule has 1 aromatic rings. The zero-order valence-corrected chi connectivity index (χ0v) is 13.3. The third-order valence-electron chi connectivity index (χ3n) is 2.48. The molecule has 3 N–H and O–H groups in total. The molecule has 114 valence electrons. The van der Waals surface area contributed by atoms with E-state index in [1.165, 1.54) is 19.2 Å². The van der Waals surface area contributed by atoms with E-state index in [0.717, 1.165) is 0 Å². The van der Waals surface area contributed by atoms with Crippen LogP contribution in [0.3, 0.4) is 0 Å². The molecular formula is C12H16BrClFNO4. The molecule has 0 aliphatic carbocycles. The predicted molar refractivity (Wildman–Crippen MR) is 78.1 cm³/mol. The maximum atomic E-state index is 13.8. The number of aromatic hydroxyl groups is 1. The fraction of sp³-hybridized carbons (Fsp3) is 0.417. The summed E-state index contributed by atoms with van der Waals surface area (Å²) in [5.41, 5.74) is 5.71. The van der Waals surface area contributed by atoms with Gasteiger partial charge in [-0.25, -0.2) is 9.18 Å². The monoisotopic (exact) mass is 371 g/mol. The van der Waals surface area contributed by atoms with Crippen molar-refractivity contribution in [3.05, 3.63) is 22.2 Å². The Hall–Kier alpha value is -1.05. The van der Waals surface area contributed by atoms with Gasteiger partial charge in [0, 0.05) is 10.0 Å². The fourth-order valence-corrected chi connectivity index (χ4v) is 1.98. The van der Waals surface area contributed by atoms with E-state index in [0.29, 0.717) is 4.47 Å². The summed E-state index contributed by atoms with van der Waals surface area (Å²) in [5.74, 6) is -1.23. The van der Waals surface area contributed by atoms with Crippen LogP contribution < -0.4 is 10.5 Å². The van der Waals surface area contributed by atoms with Gasteiger partial charge >= 0.3 is 5.97 Å². The van der Waals surface area contributed by atoms with Crippen molar-refractivity contribution in [2.24, 2.45) is 5.73 Å². The van der Waals surface area contributed by atoms with Gasteiger partial charge in [-0.1, -0.05) is 15.9 Å². The topological polar surface area (TPSA) is 81.8 Å². The molecule has 0 fully saturated rings. The van der Waals surface area contributed by atoms with Crippen LogP contribution in [0.4, 0.5) is 4.39 Å². The van der Waals surface area contributed by atoms with E-state index >= 15 is 0 Å². The second-order valence-electron chi connectivity index (χ2n) is 3.73. The van der Waals surface area contributed by atoms with Crippen molar-refractivity contribution < 1.29 is 23.8 Å². The SMILES string of the molecule is CCOC(=O)C(F)[C@H](N)c1cc(Br)cc(OC)c1O.Cl. The Morgan fingerprint density at radius 2 is 2.15 bits per heavy atom. The van der Waals surface area contributed by atoms with Crippen LogP contribution in [-0.2, 0) is 9.53 Å². The number of benzene rings is 1. The molecule has 5 nitrogen and oxygen atoms in total. The summed E-state index contributed by atoms with van der Waals surface area (Å²) in [6.07, 6.45) is -2.06. The quantitative estimate of drug-likeness (QED) is 0.776. The molecule has 1 rings (SSSR count). The summed E-state index contributed by atoms with van der Waals surface area (Å²) in [7, 11) is 1.36. The van der Waals surface area contributed by atoms with Crippen molar-refractivity contribution in [3.8, 4) is 11.5 Å². The van der Waals surface area contributed by atoms with Crippen molar-refractivity contribution in [1.82, 2.24) is 0 Å². The second kappa shape index (κ2) is 8.28. The van der Waals surface area contributed by atoms with Gasteiger partial charge in [0.15, 0.2) is 11.5 Å². The fourth-order valence-electron chi connectivity index (χ4n) is 1.53. The van der Waals surface area contributed by atoms with Gasteiger partial charge < -0.3 is 20.3 Å². The highest BCUT2D eigenvalue weighted by molar-refractivity contribution is 9.10. The molecule has 0 saturated heterocycles. The Morgan fingerprint density at radius 3 is 2.65 bits per heavy atom. The number of nitrogens with two attached hydrogens (primary N) is 1. The number of carbonyl (C=O) groups excluding carboxylic acids is 1. The van der Waals surface area contributed by atoms with E-state index in [1.807, 2.05) is 0 Å². The van der Waals surface area contributed by atoms with Crippen LogP contribution in [0.15, 0.2) is 16.6 Å². The van der Waals surface area contributed by atoms with Gasteiger partial charge in [0.25, 0.3) is 0 Å². The van der Waals surface area contributed by atoms with E-state index < -0.39 is 18.2 Å². The lowest BCUT2D eigenvalue weighted by atomic mass is 10.0. The van der Waals surface area contributed by atoms with Crippen LogP contribution in [0.2, 0.25) is 0 Å². The van der Waals surface area contributed by atoms with E-state index in [9.17, 15) is 14.3 Å². The van der Waals surface area contributed by atoms with Gasteiger partial charge in [-0.15, -0.1) is 12.4 Å². The number of carbonyl (C=O) groups is 1. The molecule has 0 radical (unpaired) electrons. The highest BCUT2D eigenvalue weighted by Gasteiger charge is 2.30. The van der Waals surface area contributed by atoms with Crippen LogP contribution in [0.25, 0.3) is 0 Å². The van der Waals surface area contributed by atoms with E-state index in [2.05, 4.69) is 20.7 Å². The van der Waals surface area contributed by atoms with Crippen molar-refractivity contribution in [2.75, 3.05) is 13.7 Å². The minimum atomic E-state index is -2.06. The summed E-state index contributed by atoms with van der Waals surface area (Å²) in [6, 6.07) is 1.59. The minimum absolute atomic E-state index is 0. The lowest BCUT2D eigenvalue weighted by molar-refractivity contribution is -0.149. The molecule has 0 spiro atoms. The highest BCUT2D eigenvalue weighted by atomic mass is 79.9.